The molecule has 3 rings (SSSR count). The molecule has 25 heavy (non-hydrogen) atoms. The number of nitrogens with one attached hydrogen (secondary N) is 1. The molecule has 0 saturated heterocycles. The third kappa shape index (κ3) is 4.35. The van der Waals surface area contributed by atoms with Crippen LogP contribution in [0.4, 0.5) is 0 Å². The number of hydrogen-bond donors (Lipinski definition) is 1. The molecule has 1 N–H and O–H groups in total. The van der Waals surface area contributed by atoms with Crippen molar-refractivity contribution in [2.24, 2.45) is 11.1 Å². The van der Waals surface area contributed by atoms with Gasteiger partial charge >= 0.3 is 11.6 Å². The monoisotopic (exact) mass is 345 g/mol. The zero-order valence-electron chi connectivity index (χ0n) is 14.6. The van der Waals surface area contributed by atoms with Crippen LogP contribution in [-0.4, -0.2) is 15.7 Å². The number of hydrogen-bond acceptors (Lipinski definition) is 6. The third-order valence-corrected chi connectivity index (χ3v) is 4.36. The SMILES string of the molecule is CC(C)CCc1cc(=O)oc2nc(ON=C3CCCCC3)[nH]c(=O)c12. The molecule has 1 aliphatic rings. The summed E-state index contributed by atoms with van der Waals surface area (Å²) in [5, 5.41) is 4.37. The minimum atomic E-state index is -0.520. The Morgan fingerprint density at radius 3 is 2.76 bits per heavy atom. The third-order valence-electron chi connectivity index (χ3n) is 4.36. The van der Waals surface area contributed by atoms with Crippen molar-refractivity contribution in [1.29, 1.82) is 0 Å². The molecule has 1 saturated carbocycles. The molecule has 0 radical (unpaired) electrons. The summed E-state index contributed by atoms with van der Waals surface area (Å²) in [4.78, 5) is 36.2. The Kier molecular flexibility index (Phi) is 5.31. The Labute approximate surface area is 145 Å². The number of oxime groups is 1. The first kappa shape index (κ1) is 17.4. The van der Waals surface area contributed by atoms with Gasteiger partial charge in [0, 0.05) is 6.07 Å². The number of aromatic nitrogens is 2. The normalized spacial score (nSPS) is 14.9. The second-order valence-corrected chi connectivity index (χ2v) is 6.88. The first-order chi connectivity index (χ1) is 12.0. The van der Waals surface area contributed by atoms with Gasteiger partial charge in [0.25, 0.3) is 5.56 Å². The van der Waals surface area contributed by atoms with E-state index in [1.54, 1.807) is 0 Å². The Balaban J connectivity index is 1.93. The van der Waals surface area contributed by atoms with Crippen molar-refractivity contribution < 1.29 is 9.25 Å². The van der Waals surface area contributed by atoms with Crippen molar-refractivity contribution in [3.05, 3.63) is 32.4 Å². The molecule has 0 bridgehead atoms. The second-order valence-electron chi connectivity index (χ2n) is 6.88. The minimum absolute atomic E-state index is 0.00569. The summed E-state index contributed by atoms with van der Waals surface area (Å²) < 4.78 is 5.11. The molecule has 0 amide bonds. The van der Waals surface area contributed by atoms with Crippen LogP contribution in [0.25, 0.3) is 11.1 Å². The zero-order valence-corrected chi connectivity index (χ0v) is 14.6. The molecular formula is C18H23N3O4. The minimum Gasteiger partial charge on any atom is -0.403 e. The fourth-order valence-corrected chi connectivity index (χ4v) is 2.97. The average Bonchev–Trinajstić information content (AvgIpc) is 2.58. The van der Waals surface area contributed by atoms with Gasteiger partial charge in [-0.1, -0.05) is 25.4 Å². The number of H-pyrrole nitrogens is 1. The molecule has 7 heteroatoms. The number of aryl methyl sites for hydroxylation is 1. The quantitative estimate of drug-likeness (QED) is 0.839. The van der Waals surface area contributed by atoms with Gasteiger partial charge in [-0.05, 0) is 50.0 Å². The van der Waals surface area contributed by atoms with Crippen molar-refractivity contribution >= 4 is 16.8 Å². The number of nitrogens with zero attached hydrogens (tertiary/aromatic N) is 2. The van der Waals surface area contributed by atoms with Crippen molar-refractivity contribution in [1.82, 2.24) is 9.97 Å². The number of rotatable bonds is 5. The van der Waals surface area contributed by atoms with Gasteiger partial charge < -0.3 is 9.25 Å². The molecule has 0 unspecified atom stereocenters. The molecule has 2 aromatic heterocycles. The summed E-state index contributed by atoms with van der Waals surface area (Å²) >= 11 is 0. The van der Waals surface area contributed by atoms with Crippen molar-refractivity contribution in [2.75, 3.05) is 0 Å². The summed E-state index contributed by atoms with van der Waals surface area (Å²) in [6.07, 6.45) is 6.67. The smallest absolute Gasteiger partial charge is 0.337 e. The first-order valence-electron chi connectivity index (χ1n) is 8.82. The van der Waals surface area contributed by atoms with Gasteiger partial charge in [0.05, 0.1) is 5.71 Å². The lowest BCUT2D eigenvalue weighted by atomic mass is 9.99. The maximum Gasteiger partial charge on any atom is 0.337 e. The number of aromatic amines is 1. The number of fused-ring (bicyclic) bond motifs is 1. The van der Waals surface area contributed by atoms with Crippen LogP contribution in [0.5, 0.6) is 6.01 Å². The van der Waals surface area contributed by atoms with Crippen molar-refractivity contribution in [3.63, 3.8) is 0 Å². The summed E-state index contributed by atoms with van der Waals surface area (Å²) in [6.45, 7) is 4.18. The van der Waals surface area contributed by atoms with Crippen LogP contribution in [0.15, 0.2) is 25.2 Å². The molecule has 134 valence electrons. The van der Waals surface area contributed by atoms with E-state index in [1.807, 2.05) is 0 Å². The van der Waals surface area contributed by atoms with Crippen molar-refractivity contribution in [2.45, 2.75) is 58.8 Å². The van der Waals surface area contributed by atoms with Crippen LogP contribution in [-0.2, 0) is 6.42 Å². The zero-order chi connectivity index (χ0) is 17.8. The highest BCUT2D eigenvalue weighted by Crippen LogP contribution is 2.18. The highest BCUT2D eigenvalue weighted by Gasteiger charge is 2.14. The fraction of sp³-hybridized carbons (Fsp3) is 0.556. The van der Waals surface area contributed by atoms with E-state index < -0.39 is 5.63 Å². The molecule has 2 heterocycles. The summed E-state index contributed by atoms with van der Waals surface area (Å²) in [7, 11) is 0. The average molecular weight is 345 g/mol. The van der Waals surface area contributed by atoms with Crippen LogP contribution in [0, 0.1) is 5.92 Å². The predicted molar refractivity (Wildman–Crippen MR) is 95.2 cm³/mol. The van der Waals surface area contributed by atoms with Gasteiger partial charge in [-0.2, -0.15) is 4.98 Å². The highest BCUT2D eigenvalue weighted by molar-refractivity contribution is 5.84. The maximum absolute atomic E-state index is 12.4. The lowest BCUT2D eigenvalue weighted by molar-refractivity contribution is 0.307. The summed E-state index contributed by atoms with van der Waals surface area (Å²) in [5.41, 5.74) is 0.703. The van der Waals surface area contributed by atoms with Gasteiger partial charge in [-0.3, -0.25) is 9.78 Å². The predicted octanol–water partition coefficient (Wildman–Crippen LogP) is 3.16. The van der Waals surface area contributed by atoms with E-state index in [1.165, 1.54) is 12.5 Å². The molecular weight excluding hydrogens is 322 g/mol. The van der Waals surface area contributed by atoms with Crippen LogP contribution in [0.3, 0.4) is 0 Å². The summed E-state index contributed by atoms with van der Waals surface area (Å²) in [5.74, 6) is 0.461. The molecule has 0 aliphatic heterocycles. The van der Waals surface area contributed by atoms with Crippen LogP contribution in [0.2, 0.25) is 0 Å². The van der Waals surface area contributed by atoms with E-state index >= 15 is 0 Å². The van der Waals surface area contributed by atoms with E-state index in [2.05, 4.69) is 29.0 Å². The van der Waals surface area contributed by atoms with Gasteiger partial charge in [-0.25, -0.2) is 4.79 Å². The highest BCUT2D eigenvalue weighted by atomic mass is 16.6. The van der Waals surface area contributed by atoms with Crippen molar-refractivity contribution in [3.8, 4) is 6.01 Å². The largest absolute Gasteiger partial charge is 0.403 e. The standard InChI is InChI=1S/C18H23N3O4/c1-11(2)8-9-12-10-14(22)24-17-15(12)16(23)19-18(20-17)25-21-13-6-4-3-5-7-13/h10-11H,3-9H2,1-2H3,(H,19,20,23). The van der Waals surface area contributed by atoms with Crippen LogP contribution in [0.1, 0.15) is 57.9 Å². The lowest BCUT2D eigenvalue weighted by Gasteiger charge is -2.11. The maximum atomic E-state index is 12.4. The van der Waals surface area contributed by atoms with Gasteiger partial charge in [0.15, 0.2) is 0 Å². The molecule has 7 nitrogen and oxygen atoms in total. The molecule has 0 atom stereocenters. The van der Waals surface area contributed by atoms with Crippen LogP contribution >= 0.6 is 0 Å². The van der Waals surface area contributed by atoms with E-state index in [-0.39, 0.29) is 17.3 Å². The second kappa shape index (κ2) is 7.63. The summed E-state index contributed by atoms with van der Waals surface area (Å²) in [6, 6.07) is 1.31. The van der Waals surface area contributed by atoms with Crippen LogP contribution < -0.4 is 16.0 Å². The van der Waals surface area contributed by atoms with E-state index in [9.17, 15) is 9.59 Å². The van der Waals surface area contributed by atoms with E-state index in [4.69, 9.17) is 9.25 Å². The molecule has 2 aromatic rings. The van der Waals surface area contributed by atoms with E-state index in [0.717, 1.165) is 37.8 Å². The fourth-order valence-electron chi connectivity index (χ4n) is 2.97. The lowest BCUT2D eigenvalue weighted by Crippen LogP contribution is -2.15. The first-order valence-corrected chi connectivity index (χ1v) is 8.82. The topological polar surface area (TPSA) is 97.5 Å². The molecule has 1 fully saturated rings. The Hall–Kier alpha value is -2.44. The van der Waals surface area contributed by atoms with Gasteiger partial charge in [-0.15, -0.1) is 0 Å². The van der Waals surface area contributed by atoms with E-state index in [0.29, 0.717) is 23.3 Å². The Bertz CT molecular complexity index is 887. The van der Waals surface area contributed by atoms with Gasteiger partial charge in [0.2, 0.25) is 5.71 Å². The molecule has 0 aromatic carbocycles. The van der Waals surface area contributed by atoms with Gasteiger partial charge in [0.1, 0.15) is 5.39 Å². The Morgan fingerprint density at radius 1 is 1.28 bits per heavy atom. The molecule has 0 spiro atoms. The Morgan fingerprint density at radius 2 is 2.04 bits per heavy atom. The molecule has 1 aliphatic carbocycles.